The highest BCUT2D eigenvalue weighted by atomic mass is 16.5. The minimum absolute atomic E-state index is 0.0402. The molecule has 2 unspecified atom stereocenters. The molecule has 4 nitrogen and oxygen atoms in total. The summed E-state index contributed by atoms with van der Waals surface area (Å²) < 4.78 is 6.05. The fourth-order valence-electron chi connectivity index (χ4n) is 4.36. The van der Waals surface area contributed by atoms with Gasteiger partial charge in [0.15, 0.2) is 0 Å². The summed E-state index contributed by atoms with van der Waals surface area (Å²) in [5.41, 5.74) is 2.06. The number of ether oxygens (including phenoxy) is 1. The maximum absolute atomic E-state index is 12.9. The van der Waals surface area contributed by atoms with Gasteiger partial charge in [0.25, 0.3) is 0 Å². The van der Waals surface area contributed by atoms with Crippen LogP contribution in [0.5, 0.6) is 0 Å². The lowest BCUT2D eigenvalue weighted by Crippen LogP contribution is -2.36. The molecule has 0 spiro atoms. The number of carbonyl (C=O) groups is 1. The van der Waals surface area contributed by atoms with Crippen LogP contribution in [-0.4, -0.2) is 17.1 Å². The molecule has 0 aliphatic heterocycles. The number of nitrogens with one attached hydrogen (secondary N) is 1. The van der Waals surface area contributed by atoms with Crippen LogP contribution < -0.4 is 5.32 Å². The Morgan fingerprint density at radius 2 is 1.90 bits per heavy atom. The van der Waals surface area contributed by atoms with E-state index in [1.165, 1.54) is 6.42 Å². The molecule has 1 aliphatic carbocycles. The van der Waals surface area contributed by atoms with Crippen LogP contribution in [0.1, 0.15) is 63.8 Å². The summed E-state index contributed by atoms with van der Waals surface area (Å²) in [6.07, 6.45) is 5.52. The van der Waals surface area contributed by atoms with Crippen molar-refractivity contribution in [1.29, 1.82) is 0 Å². The average Bonchev–Trinajstić information content (AvgIpc) is 2.72. The number of hydrogen-bond acceptors (Lipinski definition) is 4. The number of benzene rings is 1. The monoisotopic (exact) mass is 394 g/mol. The molecule has 0 radical (unpaired) electrons. The average molecular weight is 395 g/mol. The minimum Gasteiger partial charge on any atom is -0.462 e. The summed E-state index contributed by atoms with van der Waals surface area (Å²) in [4.78, 5) is 17.3. The zero-order chi connectivity index (χ0) is 20.6. The number of pyridine rings is 1. The fraction of sp³-hybridized carbons (Fsp3) is 0.520. The van der Waals surface area contributed by atoms with Gasteiger partial charge in [-0.1, -0.05) is 63.6 Å². The predicted molar refractivity (Wildman–Crippen MR) is 116 cm³/mol. The largest absolute Gasteiger partial charge is 0.462 e. The lowest BCUT2D eigenvalue weighted by Gasteiger charge is -2.37. The summed E-state index contributed by atoms with van der Waals surface area (Å²) in [6, 6.07) is 15.9. The molecule has 2 aromatic rings. The van der Waals surface area contributed by atoms with Crippen molar-refractivity contribution in [3.8, 4) is 0 Å². The van der Waals surface area contributed by atoms with E-state index in [2.05, 4.69) is 43.2 Å². The first-order chi connectivity index (χ1) is 14.0. The van der Waals surface area contributed by atoms with Gasteiger partial charge in [-0.05, 0) is 48.3 Å². The highest BCUT2D eigenvalue weighted by molar-refractivity contribution is 5.70. The van der Waals surface area contributed by atoms with Crippen LogP contribution in [0, 0.1) is 17.8 Å². The molecule has 1 aromatic carbocycles. The highest BCUT2D eigenvalue weighted by Crippen LogP contribution is 2.35. The van der Waals surface area contributed by atoms with Crippen LogP contribution in [0.3, 0.4) is 0 Å². The molecule has 0 bridgehead atoms. The summed E-state index contributed by atoms with van der Waals surface area (Å²) in [5.74, 6) is 1.51. The summed E-state index contributed by atoms with van der Waals surface area (Å²) >= 11 is 0. The molecule has 1 fully saturated rings. The smallest absolute Gasteiger partial charge is 0.308 e. The van der Waals surface area contributed by atoms with Crippen LogP contribution in [0.2, 0.25) is 0 Å². The molecule has 156 valence electrons. The van der Waals surface area contributed by atoms with E-state index in [9.17, 15) is 4.79 Å². The summed E-state index contributed by atoms with van der Waals surface area (Å²) in [6.45, 7) is 7.35. The molecule has 1 saturated carbocycles. The zero-order valence-electron chi connectivity index (χ0n) is 17.9. The quantitative estimate of drug-likeness (QED) is 0.617. The van der Waals surface area contributed by atoms with Gasteiger partial charge in [-0.2, -0.15) is 0 Å². The Morgan fingerprint density at radius 1 is 1.14 bits per heavy atom. The number of aromatic nitrogens is 1. The molecule has 29 heavy (non-hydrogen) atoms. The van der Waals surface area contributed by atoms with Crippen LogP contribution >= 0.6 is 0 Å². The number of hydrogen-bond donors (Lipinski definition) is 1. The Morgan fingerprint density at radius 3 is 2.59 bits per heavy atom. The number of esters is 1. The van der Waals surface area contributed by atoms with Crippen molar-refractivity contribution in [1.82, 2.24) is 10.3 Å². The Balaban J connectivity index is 1.65. The summed E-state index contributed by atoms with van der Waals surface area (Å²) in [5, 5.41) is 3.50. The molecule has 0 saturated heterocycles. The second-order valence-electron chi connectivity index (χ2n) is 8.72. The first kappa shape index (κ1) is 21.5. The lowest BCUT2D eigenvalue weighted by atomic mass is 9.75. The Kier molecular flexibility index (Phi) is 7.82. The second-order valence-corrected chi connectivity index (χ2v) is 8.72. The molecule has 1 heterocycles. The number of carbonyl (C=O) groups excluding carboxylic acids is 1. The normalized spacial score (nSPS) is 23.0. The van der Waals surface area contributed by atoms with Crippen molar-refractivity contribution >= 4 is 5.97 Å². The first-order valence-electron chi connectivity index (χ1n) is 10.9. The van der Waals surface area contributed by atoms with Gasteiger partial charge in [0.2, 0.25) is 0 Å². The maximum Gasteiger partial charge on any atom is 0.308 e. The van der Waals surface area contributed by atoms with Gasteiger partial charge in [-0.15, -0.1) is 0 Å². The van der Waals surface area contributed by atoms with Crippen LogP contribution in [-0.2, 0) is 16.1 Å². The fourth-order valence-corrected chi connectivity index (χ4v) is 4.36. The molecule has 0 amide bonds. The van der Waals surface area contributed by atoms with Crippen molar-refractivity contribution in [2.45, 2.75) is 65.1 Å². The topological polar surface area (TPSA) is 51.2 Å². The van der Waals surface area contributed by atoms with Crippen molar-refractivity contribution in [3.05, 3.63) is 66.0 Å². The van der Waals surface area contributed by atoms with Gasteiger partial charge in [0.1, 0.15) is 6.10 Å². The standard InChI is InChI=1S/C25H34N2O2/c1-18(2)22-13-12-19(3)15-24(22)29-25(28)16-23(20-9-5-4-6-10-20)27-17-21-11-7-8-14-26-21/h4-11,14,18-19,22-24,27H,12-13,15-17H2,1-3H3/t19?,22-,23?,24+/m0/s1. The van der Waals surface area contributed by atoms with E-state index in [1.807, 2.05) is 36.4 Å². The number of nitrogens with zero attached hydrogens (tertiary/aromatic N) is 1. The second kappa shape index (κ2) is 10.5. The third kappa shape index (κ3) is 6.40. The van der Waals surface area contributed by atoms with E-state index < -0.39 is 0 Å². The SMILES string of the molecule is CC1CC[C@@H](C(C)C)[C@H](OC(=O)CC(NCc2ccccn2)c2ccccc2)C1. The van der Waals surface area contributed by atoms with E-state index in [4.69, 9.17) is 4.74 Å². The molecule has 1 aliphatic rings. The van der Waals surface area contributed by atoms with Gasteiger partial charge >= 0.3 is 5.97 Å². The van der Waals surface area contributed by atoms with Crippen LogP contribution in [0.25, 0.3) is 0 Å². The lowest BCUT2D eigenvalue weighted by molar-refractivity contribution is -0.156. The minimum atomic E-state index is -0.114. The molecule has 3 rings (SSSR count). The summed E-state index contributed by atoms with van der Waals surface area (Å²) in [7, 11) is 0. The van der Waals surface area contributed by atoms with E-state index in [0.717, 1.165) is 24.1 Å². The van der Waals surface area contributed by atoms with Crippen molar-refractivity contribution < 1.29 is 9.53 Å². The van der Waals surface area contributed by atoms with Gasteiger partial charge < -0.3 is 10.1 Å². The van der Waals surface area contributed by atoms with E-state index in [0.29, 0.717) is 30.7 Å². The van der Waals surface area contributed by atoms with Crippen molar-refractivity contribution in [2.75, 3.05) is 0 Å². The number of rotatable bonds is 8. The predicted octanol–water partition coefficient (Wildman–Crippen LogP) is 5.31. The maximum atomic E-state index is 12.9. The van der Waals surface area contributed by atoms with Crippen LogP contribution in [0.15, 0.2) is 54.7 Å². The third-order valence-corrected chi connectivity index (χ3v) is 6.07. The van der Waals surface area contributed by atoms with Gasteiger partial charge in [0, 0.05) is 18.8 Å². The zero-order valence-corrected chi connectivity index (χ0v) is 17.9. The van der Waals surface area contributed by atoms with Crippen molar-refractivity contribution in [2.24, 2.45) is 17.8 Å². The molecule has 4 atom stereocenters. The molecule has 1 aromatic heterocycles. The van der Waals surface area contributed by atoms with Gasteiger partial charge in [-0.25, -0.2) is 0 Å². The molecule has 1 N–H and O–H groups in total. The molecular weight excluding hydrogens is 360 g/mol. The van der Waals surface area contributed by atoms with Crippen LogP contribution in [0.4, 0.5) is 0 Å². The van der Waals surface area contributed by atoms with E-state index in [-0.39, 0.29) is 18.1 Å². The Hall–Kier alpha value is -2.20. The van der Waals surface area contributed by atoms with Gasteiger partial charge in [-0.3, -0.25) is 9.78 Å². The first-order valence-corrected chi connectivity index (χ1v) is 10.9. The van der Waals surface area contributed by atoms with Crippen molar-refractivity contribution in [3.63, 3.8) is 0 Å². The van der Waals surface area contributed by atoms with E-state index in [1.54, 1.807) is 6.20 Å². The van der Waals surface area contributed by atoms with Gasteiger partial charge in [0.05, 0.1) is 12.1 Å². The molecule has 4 heteroatoms. The van der Waals surface area contributed by atoms with E-state index >= 15 is 0 Å². The Labute approximate surface area is 175 Å². The third-order valence-electron chi connectivity index (χ3n) is 6.07. The Bertz CT molecular complexity index is 748. The molecular formula is C25H34N2O2. The highest BCUT2D eigenvalue weighted by Gasteiger charge is 2.33.